The Hall–Kier alpha value is -0.860. The molecule has 0 aliphatic rings. The van der Waals surface area contributed by atoms with Crippen LogP contribution in [0.5, 0.6) is 0 Å². The fraction of sp³-hybridized carbons (Fsp3) is 0.667. The molecule has 0 aromatic heterocycles. The third-order valence-electron chi connectivity index (χ3n) is 0.430. The van der Waals surface area contributed by atoms with Crippen LogP contribution in [0.2, 0.25) is 0 Å². The summed E-state index contributed by atoms with van der Waals surface area (Å²) in [5.74, 6) is 0. The van der Waals surface area contributed by atoms with Crippen LogP contribution in [0.3, 0.4) is 0 Å². The summed E-state index contributed by atoms with van der Waals surface area (Å²) >= 11 is 0. The van der Waals surface area contributed by atoms with Gasteiger partial charge in [-0.3, -0.25) is 9.11 Å². The quantitative estimate of drug-likeness (QED) is 0.251. The van der Waals surface area contributed by atoms with E-state index in [9.17, 15) is 0 Å². The molecule has 0 bridgehead atoms. The van der Waals surface area contributed by atoms with Gasteiger partial charge in [-0.2, -0.15) is 8.42 Å². The number of hydrogen-bond donors (Lipinski definition) is 3. The molecule has 0 spiro atoms. The molecule has 0 heterocycles. The van der Waals surface area contributed by atoms with E-state index in [-0.39, 0.29) is 6.02 Å². The summed E-state index contributed by atoms with van der Waals surface area (Å²) in [6, 6.07) is 0.218. The Morgan fingerprint density at radius 1 is 1.55 bits per heavy atom. The van der Waals surface area contributed by atoms with Crippen LogP contribution in [0.25, 0.3) is 0 Å². The van der Waals surface area contributed by atoms with E-state index >= 15 is 0 Å². The largest absolute Gasteiger partial charge is 0.469 e. The van der Waals surface area contributed by atoms with Crippen LogP contribution in [-0.4, -0.2) is 37.7 Å². The highest BCUT2D eigenvalue weighted by atomic mass is 32.3. The number of rotatable bonds is 0. The van der Waals surface area contributed by atoms with Gasteiger partial charge in [0, 0.05) is 7.05 Å². The Morgan fingerprint density at radius 2 is 1.82 bits per heavy atom. The van der Waals surface area contributed by atoms with Crippen LogP contribution >= 0.6 is 0 Å². The number of aliphatic imine (C=N–C) groups is 1. The van der Waals surface area contributed by atoms with Crippen molar-refractivity contribution in [3.05, 3.63) is 0 Å². The summed E-state index contributed by atoms with van der Waals surface area (Å²) in [6.07, 6.45) is 0. The third kappa shape index (κ3) is 47.3. The zero-order valence-corrected chi connectivity index (χ0v) is 6.87. The molecule has 11 heavy (non-hydrogen) atoms. The molecule has 0 radical (unpaired) electrons. The van der Waals surface area contributed by atoms with E-state index in [0.29, 0.717) is 0 Å². The Morgan fingerprint density at radius 3 is 1.82 bits per heavy atom. The Balaban J connectivity index is 0. The molecular formula is C3H10N2O5S. The van der Waals surface area contributed by atoms with Crippen molar-refractivity contribution in [2.24, 2.45) is 10.7 Å². The number of nitrogens with two attached hydrogens (primary N) is 1. The first-order chi connectivity index (χ1) is 4.81. The first-order valence-electron chi connectivity index (χ1n) is 2.27. The van der Waals surface area contributed by atoms with Crippen LogP contribution in [0.15, 0.2) is 4.99 Å². The Bertz CT molecular complexity index is 200. The highest BCUT2D eigenvalue weighted by molar-refractivity contribution is 7.79. The maximum atomic E-state index is 8.74. The second-order valence-corrected chi connectivity index (χ2v) is 2.11. The molecule has 0 unspecified atom stereocenters. The molecule has 7 nitrogen and oxygen atoms in total. The predicted octanol–water partition coefficient (Wildman–Crippen LogP) is -1.08. The minimum Gasteiger partial charge on any atom is -0.469 e. The molecule has 4 N–H and O–H groups in total. The van der Waals surface area contributed by atoms with Gasteiger partial charge in [0.15, 0.2) is 0 Å². The van der Waals surface area contributed by atoms with E-state index in [1.165, 1.54) is 7.11 Å². The van der Waals surface area contributed by atoms with Gasteiger partial charge in [-0.1, -0.05) is 0 Å². The zero-order chi connectivity index (χ0) is 9.49. The zero-order valence-electron chi connectivity index (χ0n) is 6.05. The number of methoxy groups -OCH3 is 1. The Labute approximate surface area is 64.5 Å². The molecular weight excluding hydrogens is 176 g/mol. The summed E-state index contributed by atoms with van der Waals surface area (Å²) in [6.45, 7) is 0. The number of ether oxygens (including phenoxy) is 1. The van der Waals surface area contributed by atoms with Crippen molar-refractivity contribution in [1.29, 1.82) is 0 Å². The lowest BCUT2D eigenvalue weighted by atomic mass is 11.1. The summed E-state index contributed by atoms with van der Waals surface area (Å²) in [5, 5.41) is 0. The van der Waals surface area contributed by atoms with Crippen molar-refractivity contribution in [2.75, 3.05) is 14.2 Å². The molecule has 0 saturated heterocycles. The summed E-state index contributed by atoms with van der Waals surface area (Å²) in [5.41, 5.74) is 5.00. The number of nitrogens with zero attached hydrogens (tertiary/aromatic N) is 1. The van der Waals surface area contributed by atoms with Crippen molar-refractivity contribution in [1.82, 2.24) is 0 Å². The van der Waals surface area contributed by atoms with Crippen molar-refractivity contribution in [3.63, 3.8) is 0 Å². The first-order valence-corrected chi connectivity index (χ1v) is 3.67. The van der Waals surface area contributed by atoms with Gasteiger partial charge in [-0.15, -0.1) is 0 Å². The van der Waals surface area contributed by atoms with Crippen LogP contribution in [0.4, 0.5) is 0 Å². The van der Waals surface area contributed by atoms with Gasteiger partial charge in [0.25, 0.3) is 6.02 Å². The Kier molecular flexibility index (Phi) is 6.85. The second kappa shape index (κ2) is 5.89. The minimum atomic E-state index is -4.67. The van der Waals surface area contributed by atoms with E-state index in [0.717, 1.165) is 0 Å². The van der Waals surface area contributed by atoms with Crippen molar-refractivity contribution in [3.8, 4) is 0 Å². The van der Waals surface area contributed by atoms with Crippen LogP contribution in [0, 0.1) is 0 Å². The minimum absolute atomic E-state index is 0.218. The lowest BCUT2D eigenvalue weighted by Crippen LogP contribution is -2.12. The average molecular weight is 186 g/mol. The third-order valence-corrected chi connectivity index (χ3v) is 0.430. The molecule has 0 aliphatic carbocycles. The van der Waals surface area contributed by atoms with Crippen molar-refractivity contribution < 1.29 is 22.3 Å². The lowest BCUT2D eigenvalue weighted by Gasteiger charge is -1.89. The van der Waals surface area contributed by atoms with Gasteiger partial charge in [0.05, 0.1) is 7.11 Å². The fourth-order valence-electron chi connectivity index (χ4n) is 0.0913. The summed E-state index contributed by atoms with van der Waals surface area (Å²) < 4.78 is 36.0. The van der Waals surface area contributed by atoms with Gasteiger partial charge >= 0.3 is 10.4 Å². The van der Waals surface area contributed by atoms with E-state index in [1.807, 2.05) is 0 Å². The maximum Gasteiger partial charge on any atom is 0.394 e. The standard InChI is InChI=1S/C3H8N2O.H2O4S/c1-5-3(4)6-2;1-5(2,3)4/h1-2H3,(H2,4,5);(H2,1,2,3,4). The average Bonchev–Trinajstić information content (AvgIpc) is 1.83. The predicted molar refractivity (Wildman–Crippen MR) is 38.7 cm³/mol. The molecule has 0 atom stereocenters. The SMILES string of the molecule is CN=C(N)OC.O=S(=O)(O)O. The van der Waals surface area contributed by atoms with Gasteiger partial charge < -0.3 is 10.5 Å². The van der Waals surface area contributed by atoms with Crippen LogP contribution in [-0.2, 0) is 15.1 Å². The molecule has 0 rings (SSSR count). The smallest absolute Gasteiger partial charge is 0.394 e. The van der Waals surface area contributed by atoms with Crippen LogP contribution < -0.4 is 5.73 Å². The van der Waals surface area contributed by atoms with E-state index in [4.69, 9.17) is 23.3 Å². The highest BCUT2D eigenvalue weighted by Gasteiger charge is 1.84. The lowest BCUT2D eigenvalue weighted by molar-refractivity contribution is 0.381. The van der Waals surface area contributed by atoms with E-state index < -0.39 is 10.4 Å². The molecule has 0 aromatic carbocycles. The second-order valence-electron chi connectivity index (χ2n) is 1.21. The molecule has 8 heteroatoms. The number of amidine groups is 1. The molecule has 68 valence electrons. The van der Waals surface area contributed by atoms with E-state index in [2.05, 4.69) is 9.73 Å². The van der Waals surface area contributed by atoms with Gasteiger partial charge in [0.1, 0.15) is 0 Å². The first kappa shape index (κ1) is 12.8. The fourth-order valence-corrected chi connectivity index (χ4v) is 0.0913. The highest BCUT2D eigenvalue weighted by Crippen LogP contribution is 1.60. The molecule has 0 fully saturated rings. The monoisotopic (exact) mass is 186 g/mol. The maximum absolute atomic E-state index is 8.74. The summed E-state index contributed by atoms with van der Waals surface area (Å²) in [4.78, 5) is 3.48. The topological polar surface area (TPSA) is 122 Å². The van der Waals surface area contributed by atoms with E-state index in [1.54, 1.807) is 7.05 Å². The van der Waals surface area contributed by atoms with Crippen molar-refractivity contribution >= 4 is 16.4 Å². The molecule has 0 aliphatic heterocycles. The molecule has 0 saturated carbocycles. The van der Waals surface area contributed by atoms with Gasteiger partial charge in [-0.05, 0) is 0 Å². The van der Waals surface area contributed by atoms with Crippen LogP contribution in [0.1, 0.15) is 0 Å². The van der Waals surface area contributed by atoms with Crippen molar-refractivity contribution in [2.45, 2.75) is 0 Å². The summed E-state index contributed by atoms with van der Waals surface area (Å²) in [7, 11) is -1.62. The molecule has 0 aromatic rings. The van der Waals surface area contributed by atoms with Gasteiger partial charge in [0.2, 0.25) is 0 Å². The van der Waals surface area contributed by atoms with Gasteiger partial charge in [-0.25, -0.2) is 4.99 Å². The molecule has 0 amide bonds. The number of hydrogen-bond acceptors (Lipinski definition) is 4. The normalized spacial score (nSPS) is 11.5.